The normalized spacial score (nSPS) is 15.7. The minimum atomic E-state index is -2.29. The molecule has 0 fully saturated rings. The molecule has 0 unspecified atom stereocenters. The molecule has 3 heteroatoms. The fraction of sp³-hybridized carbons (Fsp3) is 0.438. The summed E-state index contributed by atoms with van der Waals surface area (Å²) in [5, 5.41) is -0.122. The molecule has 0 saturated carbocycles. The first kappa shape index (κ1) is 10.4. The summed E-state index contributed by atoms with van der Waals surface area (Å²) in [7, 11) is -2.29. The summed E-state index contributed by atoms with van der Waals surface area (Å²) in [5.41, 5.74) is 0.0952. The lowest BCUT2D eigenvalue weighted by atomic mass is 10.2. The third-order valence-electron chi connectivity index (χ3n) is 3.27. The van der Waals surface area contributed by atoms with E-state index in [-0.39, 0.29) is 46.3 Å². The average Bonchev–Trinajstić information content (AvgIpc) is 2.40. The number of carbonyl (C=O) groups excluding carboxylic acids is 1. The lowest BCUT2D eigenvalue weighted by Gasteiger charge is -2.36. The van der Waals surface area contributed by atoms with Crippen LogP contribution in [0, 0.1) is 0 Å². The molecule has 0 saturated heterocycles. The number of allylic oxidation sites excluding steroid dienone is 1. The van der Waals surface area contributed by atoms with Crippen molar-refractivity contribution in [3.05, 3.63) is 35.8 Å². The van der Waals surface area contributed by atoms with Gasteiger partial charge >= 0.3 is 0 Å². The van der Waals surface area contributed by atoms with Crippen LogP contribution in [-0.4, -0.2) is 14.1 Å². The molecular weight excluding hydrogens is 252 g/mol. The molecule has 0 aliphatic heterocycles. The standard InChI is InChI=1S/C16H24O2Si/c1-13(17)7-8-14-9-11-15(12-10-14)18-19(5,6)16(2,3)4/h7-12H,1-6H3/i9D,10D,11D,12D. The maximum absolute atomic E-state index is 11.1. The van der Waals surface area contributed by atoms with Gasteiger partial charge in [-0.15, -0.1) is 0 Å². The van der Waals surface area contributed by atoms with E-state index in [1.807, 2.05) is 33.9 Å². The number of ketones is 1. The summed E-state index contributed by atoms with van der Waals surface area (Å²) in [6.45, 7) is 11.5. The van der Waals surface area contributed by atoms with Crippen LogP contribution in [0.4, 0.5) is 0 Å². The van der Waals surface area contributed by atoms with Gasteiger partial charge in [-0.05, 0) is 48.8 Å². The van der Waals surface area contributed by atoms with Gasteiger partial charge in [-0.25, -0.2) is 0 Å². The zero-order valence-corrected chi connectivity index (χ0v) is 13.5. The molecule has 0 amide bonds. The van der Waals surface area contributed by atoms with E-state index in [1.54, 1.807) is 0 Å². The van der Waals surface area contributed by atoms with E-state index in [1.165, 1.54) is 19.1 Å². The lowest BCUT2D eigenvalue weighted by molar-refractivity contribution is -0.112. The summed E-state index contributed by atoms with van der Waals surface area (Å²) in [6.07, 6.45) is 2.55. The monoisotopic (exact) mass is 280 g/mol. The van der Waals surface area contributed by atoms with Crippen molar-refractivity contribution in [3.8, 4) is 5.75 Å². The van der Waals surface area contributed by atoms with E-state index in [0.717, 1.165) is 0 Å². The van der Waals surface area contributed by atoms with E-state index >= 15 is 0 Å². The number of rotatable bonds is 4. The molecule has 0 aliphatic carbocycles. The van der Waals surface area contributed by atoms with Crippen molar-refractivity contribution in [1.82, 2.24) is 0 Å². The molecule has 0 bridgehead atoms. The maximum atomic E-state index is 11.1. The van der Waals surface area contributed by atoms with Crippen LogP contribution in [0.5, 0.6) is 5.75 Å². The van der Waals surface area contributed by atoms with Crippen molar-refractivity contribution in [2.24, 2.45) is 0 Å². The molecule has 0 aliphatic rings. The molecule has 1 rings (SSSR count). The topological polar surface area (TPSA) is 26.3 Å². The third-order valence-corrected chi connectivity index (χ3v) is 7.60. The largest absolute Gasteiger partial charge is 0.544 e. The Balaban J connectivity index is 3.47. The molecule has 2 nitrogen and oxygen atoms in total. The van der Waals surface area contributed by atoms with Crippen LogP contribution in [0.15, 0.2) is 30.2 Å². The van der Waals surface area contributed by atoms with Gasteiger partial charge in [-0.3, -0.25) is 4.79 Å². The van der Waals surface area contributed by atoms with Crippen molar-refractivity contribution in [3.63, 3.8) is 0 Å². The number of hydrogen-bond acceptors (Lipinski definition) is 2. The van der Waals surface area contributed by atoms with E-state index in [9.17, 15) is 4.79 Å². The first-order chi connectivity index (χ1) is 10.3. The fourth-order valence-electron chi connectivity index (χ4n) is 1.05. The van der Waals surface area contributed by atoms with E-state index in [2.05, 4.69) is 0 Å². The number of benzene rings is 1. The van der Waals surface area contributed by atoms with Gasteiger partial charge in [-0.1, -0.05) is 38.9 Å². The van der Waals surface area contributed by atoms with Gasteiger partial charge in [0.2, 0.25) is 8.32 Å². The van der Waals surface area contributed by atoms with Gasteiger partial charge in [-0.2, -0.15) is 0 Å². The van der Waals surface area contributed by atoms with Gasteiger partial charge in [0.1, 0.15) is 5.75 Å². The summed E-state index contributed by atoms with van der Waals surface area (Å²) < 4.78 is 38.4. The van der Waals surface area contributed by atoms with E-state index in [0.29, 0.717) is 0 Å². The molecule has 0 radical (unpaired) electrons. The van der Waals surface area contributed by atoms with Crippen LogP contribution in [0.3, 0.4) is 0 Å². The van der Waals surface area contributed by atoms with Crippen molar-refractivity contribution in [2.45, 2.75) is 45.8 Å². The second-order valence-electron chi connectivity index (χ2n) is 6.05. The van der Waals surface area contributed by atoms with Crippen LogP contribution in [0.1, 0.15) is 38.7 Å². The van der Waals surface area contributed by atoms with Crippen molar-refractivity contribution in [2.75, 3.05) is 0 Å². The zero-order valence-electron chi connectivity index (χ0n) is 16.5. The van der Waals surface area contributed by atoms with Crippen LogP contribution >= 0.6 is 0 Å². The Bertz CT molecular complexity index is 632. The minimum Gasteiger partial charge on any atom is -0.544 e. The average molecular weight is 280 g/mol. The van der Waals surface area contributed by atoms with Gasteiger partial charge in [0.15, 0.2) is 5.78 Å². The fourth-order valence-corrected chi connectivity index (χ4v) is 1.97. The summed E-state index contributed by atoms with van der Waals surface area (Å²) >= 11 is 0. The highest BCUT2D eigenvalue weighted by atomic mass is 28.4. The lowest BCUT2D eigenvalue weighted by Crippen LogP contribution is -2.43. The Kier molecular flexibility index (Phi) is 3.15. The first-order valence-corrected chi connectivity index (χ1v) is 9.18. The predicted octanol–water partition coefficient (Wildman–Crippen LogP) is 4.67. The third kappa shape index (κ3) is 4.67. The van der Waals surface area contributed by atoms with Crippen molar-refractivity contribution >= 4 is 20.2 Å². The van der Waals surface area contributed by atoms with Crippen LogP contribution < -0.4 is 4.43 Å². The second-order valence-corrected chi connectivity index (χ2v) is 10.8. The van der Waals surface area contributed by atoms with Gasteiger partial charge in [0, 0.05) is 0 Å². The quantitative estimate of drug-likeness (QED) is 0.591. The van der Waals surface area contributed by atoms with Crippen molar-refractivity contribution in [1.29, 1.82) is 0 Å². The highest BCUT2D eigenvalue weighted by Gasteiger charge is 2.38. The number of carbonyl (C=O) groups is 1. The maximum Gasteiger partial charge on any atom is 0.250 e. The molecular formula is C16H24O2Si. The molecule has 1 aromatic carbocycles. The highest BCUT2D eigenvalue weighted by Crippen LogP contribution is 2.37. The van der Waals surface area contributed by atoms with E-state index in [4.69, 9.17) is 9.91 Å². The molecule has 0 N–H and O–H groups in total. The molecule has 0 heterocycles. The van der Waals surface area contributed by atoms with Crippen LogP contribution in [-0.2, 0) is 4.79 Å². The Morgan fingerprint density at radius 2 is 1.79 bits per heavy atom. The second kappa shape index (κ2) is 5.74. The molecule has 104 valence electrons. The predicted molar refractivity (Wildman–Crippen MR) is 84.0 cm³/mol. The molecule has 19 heavy (non-hydrogen) atoms. The Morgan fingerprint density at radius 3 is 2.21 bits per heavy atom. The van der Waals surface area contributed by atoms with Crippen LogP contribution in [0.2, 0.25) is 18.1 Å². The Hall–Kier alpha value is -1.35. The minimum absolute atomic E-state index is 0.00781. The Morgan fingerprint density at radius 1 is 1.26 bits per heavy atom. The zero-order chi connectivity index (χ0) is 18.2. The molecule has 0 aromatic heterocycles. The van der Waals surface area contributed by atoms with Gasteiger partial charge < -0.3 is 4.43 Å². The molecule has 1 aromatic rings. The summed E-state index contributed by atoms with van der Waals surface area (Å²) in [4.78, 5) is 11.1. The molecule has 0 spiro atoms. The summed E-state index contributed by atoms with van der Waals surface area (Å²) in [6, 6.07) is -0.813. The SMILES string of the molecule is [2H]c1c([2H])c(O[Si](C)(C)C(C)(C)C)c([2H])c([2H])c1C=CC(C)=O. The van der Waals surface area contributed by atoms with Gasteiger partial charge in [0.25, 0.3) is 0 Å². The first-order valence-electron chi connectivity index (χ1n) is 8.27. The number of hydrogen-bond donors (Lipinski definition) is 0. The highest BCUT2D eigenvalue weighted by molar-refractivity contribution is 6.74. The van der Waals surface area contributed by atoms with Crippen LogP contribution in [0.25, 0.3) is 6.08 Å². The summed E-state index contributed by atoms with van der Waals surface area (Å²) in [5.74, 6) is -0.227. The van der Waals surface area contributed by atoms with Gasteiger partial charge in [0.05, 0.1) is 5.48 Å². The molecule has 0 atom stereocenters. The smallest absolute Gasteiger partial charge is 0.250 e. The van der Waals surface area contributed by atoms with E-state index < -0.39 is 8.32 Å². The van der Waals surface area contributed by atoms with Crippen molar-refractivity contribution < 1.29 is 14.7 Å². The Labute approximate surface area is 123 Å².